The highest BCUT2D eigenvalue weighted by Crippen LogP contribution is 2.28. The zero-order chi connectivity index (χ0) is 13.2. The molecule has 3 rings (SSSR count). The Morgan fingerprint density at radius 1 is 1.37 bits per heavy atom. The van der Waals surface area contributed by atoms with Crippen LogP contribution in [0.4, 0.5) is 0 Å². The molecule has 1 aliphatic rings. The van der Waals surface area contributed by atoms with Gasteiger partial charge in [0.2, 0.25) is 0 Å². The van der Waals surface area contributed by atoms with E-state index in [9.17, 15) is 4.79 Å². The van der Waals surface area contributed by atoms with E-state index in [0.717, 1.165) is 30.8 Å². The van der Waals surface area contributed by atoms with Crippen molar-refractivity contribution in [2.45, 2.75) is 32.6 Å². The van der Waals surface area contributed by atoms with E-state index in [4.69, 9.17) is 0 Å². The van der Waals surface area contributed by atoms with Crippen molar-refractivity contribution in [3.05, 3.63) is 46.9 Å². The van der Waals surface area contributed by atoms with E-state index in [2.05, 4.69) is 36.6 Å². The van der Waals surface area contributed by atoms with Crippen LogP contribution in [0.25, 0.3) is 10.1 Å². The monoisotopic (exact) mass is 270 g/mol. The number of carbonyl (C=O) groups is 1. The van der Waals surface area contributed by atoms with Crippen LogP contribution in [0.1, 0.15) is 31.7 Å². The number of fused-ring (bicyclic) bond motifs is 1. The lowest BCUT2D eigenvalue weighted by Gasteiger charge is -2.17. The number of benzene rings is 1. The van der Waals surface area contributed by atoms with Crippen LogP contribution in [0, 0.1) is 5.92 Å². The van der Waals surface area contributed by atoms with Gasteiger partial charge >= 0.3 is 0 Å². The van der Waals surface area contributed by atoms with Gasteiger partial charge in [-0.3, -0.25) is 4.79 Å². The molecule has 0 N–H and O–H groups in total. The fourth-order valence-electron chi connectivity index (χ4n) is 2.67. The van der Waals surface area contributed by atoms with Gasteiger partial charge in [0.1, 0.15) is 0 Å². The summed E-state index contributed by atoms with van der Waals surface area (Å²) in [5.74, 6) is 1.05. The third kappa shape index (κ3) is 2.64. The second-order valence-electron chi connectivity index (χ2n) is 5.47. The maximum absolute atomic E-state index is 12.4. The Balaban J connectivity index is 1.80. The average molecular weight is 270 g/mol. The average Bonchev–Trinajstić information content (AvgIpc) is 2.83. The van der Waals surface area contributed by atoms with Crippen molar-refractivity contribution in [3.63, 3.8) is 0 Å². The predicted molar refractivity (Wildman–Crippen MR) is 81.6 cm³/mol. The summed E-state index contributed by atoms with van der Waals surface area (Å²) in [6.07, 6.45) is 5.89. The molecule has 1 heterocycles. The fourth-order valence-corrected chi connectivity index (χ4v) is 3.64. The molecule has 1 atom stereocenters. The van der Waals surface area contributed by atoms with Gasteiger partial charge < -0.3 is 0 Å². The summed E-state index contributed by atoms with van der Waals surface area (Å²) in [5.41, 5.74) is 2.23. The molecule has 2 aromatic rings. The molecular formula is C17H18OS. The third-order valence-electron chi connectivity index (χ3n) is 3.94. The van der Waals surface area contributed by atoms with Crippen molar-refractivity contribution in [2.24, 2.45) is 5.92 Å². The van der Waals surface area contributed by atoms with Crippen LogP contribution < -0.4 is 0 Å². The van der Waals surface area contributed by atoms with Gasteiger partial charge in [-0.25, -0.2) is 0 Å². The Bertz CT molecular complexity index is 636. The van der Waals surface area contributed by atoms with Crippen LogP contribution in [-0.2, 0) is 11.2 Å². The molecular weight excluding hydrogens is 252 g/mol. The lowest BCUT2D eigenvalue weighted by Crippen LogP contribution is -2.11. The van der Waals surface area contributed by atoms with E-state index in [0.29, 0.717) is 12.2 Å². The molecule has 0 radical (unpaired) electrons. The Labute approximate surface area is 118 Å². The summed E-state index contributed by atoms with van der Waals surface area (Å²) in [4.78, 5) is 12.4. The normalized spacial score (nSPS) is 19.4. The van der Waals surface area contributed by atoms with Crippen LogP contribution in [0.15, 0.2) is 41.3 Å². The van der Waals surface area contributed by atoms with E-state index < -0.39 is 0 Å². The molecule has 0 saturated heterocycles. The first-order chi connectivity index (χ1) is 9.24. The second-order valence-corrected chi connectivity index (χ2v) is 6.38. The molecule has 1 unspecified atom stereocenters. The minimum absolute atomic E-state index is 0.315. The maximum atomic E-state index is 12.4. The van der Waals surface area contributed by atoms with E-state index in [1.165, 1.54) is 15.6 Å². The van der Waals surface area contributed by atoms with Gasteiger partial charge in [0.05, 0.1) is 0 Å². The first kappa shape index (κ1) is 12.6. The number of carbonyl (C=O) groups excluding carboxylic acids is 1. The van der Waals surface area contributed by atoms with Crippen LogP contribution in [-0.4, -0.2) is 5.78 Å². The maximum Gasteiger partial charge on any atom is 0.162 e. The molecule has 19 heavy (non-hydrogen) atoms. The number of rotatable bonds is 3. The standard InChI is InChI=1S/C17H18OS/c1-12-6-8-13(9-7-12)16(18)10-14-11-19-17-5-3-2-4-15(14)17/h2-5,8,11-12H,6-7,9-10H2,1H3. The topological polar surface area (TPSA) is 17.1 Å². The molecule has 1 aromatic heterocycles. The van der Waals surface area contributed by atoms with E-state index in [-0.39, 0.29) is 0 Å². The summed E-state index contributed by atoms with van der Waals surface area (Å²) in [7, 11) is 0. The number of allylic oxidation sites excluding steroid dienone is 2. The molecule has 0 saturated carbocycles. The highest BCUT2D eigenvalue weighted by molar-refractivity contribution is 7.17. The molecule has 0 fully saturated rings. The lowest BCUT2D eigenvalue weighted by atomic mass is 9.88. The lowest BCUT2D eigenvalue weighted by molar-refractivity contribution is -0.115. The summed E-state index contributed by atoms with van der Waals surface area (Å²) in [5, 5.41) is 3.37. The van der Waals surface area contributed by atoms with Crippen LogP contribution >= 0.6 is 11.3 Å². The van der Waals surface area contributed by atoms with Gasteiger partial charge in [-0.2, -0.15) is 0 Å². The number of Topliss-reactive ketones (excluding diaryl/α,β-unsaturated/α-hetero) is 1. The first-order valence-electron chi connectivity index (χ1n) is 6.91. The molecule has 1 nitrogen and oxygen atoms in total. The van der Waals surface area contributed by atoms with Gasteiger partial charge in [-0.15, -0.1) is 11.3 Å². The summed E-state index contributed by atoms with van der Waals surface area (Å²) in [6, 6.07) is 8.33. The molecule has 0 amide bonds. The van der Waals surface area contributed by atoms with Gasteiger partial charge in [0.15, 0.2) is 5.78 Å². The van der Waals surface area contributed by atoms with Crippen molar-refractivity contribution in [2.75, 3.05) is 0 Å². The Morgan fingerprint density at radius 2 is 2.21 bits per heavy atom. The fraction of sp³-hybridized carbons (Fsp3) is 0.353. The second kappa shape index (κ2) is 5.30. The van der Waals surface area contributed by atoms with Gasteiger partial charge in [-0.1, -0.05) is 31.2 Å². The minimum Gasteiger partial charge on any atom is -0.294 e. The molecule has 1 aromatic carbocycles. The van der Waals surface area contributed by atoms with Gasteiger partial charge in [0.25, 0.3) is 0 Å². The van der Waals surface area contributed by atoms with E-state index in [1.54, 1.807) is 11.3 Å². The minimum atomic E-state index is 0.315. The summed E-state index contributed by atoms with van der Waals surface area (Å²) < 4.78 is 1.27. The van der Waals surface area contributed by atoms with Gasteiger partial charge in [-0.05, 0) is 53.1 Å². The molecule has 2 heteroatoms. The van der Waals surface area contributed by atoms with Crippen LogP contribution in [0.5, 0.6) is 0 Å². The third-order valence-corrected chi connectivity index (χ3v) is 4.96. The van der Waals surface area contributed by atoms with Crippen molar-refractivity contribution in [3.8, 4) is 0 Å². The zero-order valence-corrected chi connectivity index (χ0v) is 12.0. The quantitative estimate of drug-likeness (QED) is 0.786. The Kier molecular flexibility index (Phi) is 3.52. The Hall–Kier alpha value is -1.41. The first-order valence-corrected chi connectivity index (χ1v) is 7.79. The predicted octanol–water partition coefficient (Wildman–Crippen LogP) is 4.76. The molecule has 0 bridgehead atoms. The Morgan fingerprint density at radius 3 is 3.00 bits per heavy atom. The van der Waals surface area contributed by atoms with Crippen molar-refractivity contribution < 1.29 is 4.79 Å². The van der Waals surface area contributed by atoms with E-state index in [1.807, 2.05) is 6.07 Å². The number of thiophene rings is 1. The molecule has 98 valence electrons. The summed E-state index contributed by atoms with van der Waals surface area (Å²) >= 11 is 1.73. The van der Waals surface area contributed by atoms with Crippen molar-refractivity contribution in [1.82, 2.24) is 0 Å². The van der Waals surface area contributed by atoms with Crippen molar-refractivity contribution in [1.29, 1.82) is 0 Å². The van der Waals surface area contributed by atoms with Gasteiger partial charge in [0, 0.05) is 11.1 Å². The van der Waals surface area contributed by atoms with Crippen LogP contribution in [0.2, 0.25) is 0 Å². The van der Waals surface area contributed by atoms with Crippen molar-refractivity contribution >= 4 is 27.2 Å². The molecule has 0 spiro atoms. The molecule has 0 aliphatic heterocycles. The smallest absolute Gasteiger partial charge is 0.162 e. The number of hydrogen-bond acceptors (Lipinski definition) is 2. The number of hydrogen-bond donors (Lipinski definition) is 0. The molecule has 1 aliphatic carbocycles. The SMILES string of the molecule is CC1CC=C(C(=O)Cc2csc3ccccc23)CC1. The number of ketones is 1. The van der Waals surface area contributed by atoms with Crippen LogP contribution in [0.3, 0.4) is 0 Å². The highest BCUT2D eigenvalue weighted by Gasteiger charge is 2.17. The highest BCUT2D eigenvalue weighted by atomic mass is 32.1. The summed E-state index contributed by atoms with van der Waals surface area (Å²) in [6.45, 7) is 2.25. The largest absolute Gasteiger partial charge is 0.294 e. The zero-order valence-electron chi connectivity index (χ0n) is 11.2. The van der Waals surface area contributed by atoms with E-state index >= 15 is 0 Å².